The summed E-state index contributed by atoms with van der Waals surface area (Å²) in [4.78, 5) is 10.4. The van der Waals surface area contributed by atoms with Crippen LogP contribution < -0.4 is 15.3 Å². The van der Waals surface area contributed by atoms with E-state index in [0.29, 0.717) is 18.1 Å². The SMILES string of the molecule is C=CCOC(C)(C)c1c(Br)ccc2c1ONO2. The topological polar surface area (TPSA) is 39.7 Å². The molecule has 0 spiro atoms. The number of fused-ring (bicyclic) bond motifs is 1. The summed E-state index contributed by atoms with van der Waals surface area (Å²) in [5.41, 5.74) is 2.79. The van der Waals surface area contributed by atoms with Gasteiger partial charge in [0.15, 0.2) is 5.75 Å². The average Bonchev–Trinajstić information content (AvgIpc) is 2.73. The second-order valence-corrected chi connectivity index (χ2v) is 5.00. The van der Waals surface area contributed by atoms with Crippen LogP contribution in [0.15, 0.2) is 29.3 Å². The molecule has 2 rings (SSSR count). The maximum Gasteiger partial charge on any atom is 0.203 e. The zero-order chi connectivity index (χ0) is 12.5. The fourth-order valence-electron chi connectivity index (χ4n) is 1.73. The van der Waals surface area contributed by atoms with Crippen LogP contribution in [0.3, 0.4) is 0 Å². The summed E-state index contributed by atoms with van der Waals surface area (Å²) in [7, 11) is 0. The van der Waals surface area contributed by atoms with Gasteiger partial charge in [0.05, 0.1) is 12.2 Å². The molecule has 0 amide bonds. The molecule has 1 aromatic rings. The first-order chi connectivity index (χ1) is 8.06. The molecule has 0 fully saturated rings. The fourth-order valence-corrected chi connectivity index (χ4v) is 2.52. The van der Waals surface area contributed by atoms with E-state index < -0.39 is 5.60 Å². The molecule has 0 saturated carbocycles. The van der Waals surface area contributed by atoms with Gasteiger partial charge in [0, 0.05) is 15.7 Å². The first-order valence-electron chi connectivity index (χ1n) is 5.23. The molecule has 1 heterocycles. The molecular formula is C12H14BrNO3. The number of ether oxygens (including phenoxy) is 1. The highest BCUT2D eigenvalue weighted by Crippen LogP contribution is 2.45. The molecule has 0 radical (unpaired) electrons. The van der Waals surface area contributed by atoms with Crippen molar-refractivity contribution in [3.63, 3.8) is 0 Å². The molecule has 4 nitrogen and oxygen atoms in total. The molecule has 1 aromatic carbocycles. The van der Waals surface area contributed by atoms with E-state index >= 15 is 0 Å². The minimum Gasteiger partial charge on any atom is -0.370 e. The lowest BCUT2D eigenvalue weighted by atomic mass is 9.96. The Bertz CT molecular complexity index is 446. The van der Waals surface area contributed by atoms with Crippen molar-refractivity contribution in [3.8, 4) is 11.5 Å². The largest absolute Gasteiger partial charge is 0.370 e. The molecular weight excluding hydrogens is 286 g/mol. The molecule has 1 N–H and O–H groups in total. The van der Waals surface area contributed by atoms with E-state index in [1.165, 1.54) is 0 Å². The third kappa shape index (κ3) is 2.31. The number of hydrogen-bond donors (Lipinski definition) is 1. The number of nitrogens with one attached hydrogen (secondary N) is 1. The zero-order valence-corrected chi connectivity index (χ0v) is 11.3. The smallest absolute Gasteiger partial charge is 0.203 e. The van der Waals surface area contributed by atoms with Gasteiger partial charge in [-0.2, -0.15) is 0 Å². The Kier molecular flexibility index (Phi) is 3.42. The summed E-state index contributed by atoms with van der Waals surface area (Å²) in [5.74, 6) is 1.30. The van der Waals surface area contributed by atoms with Crippen molar-refractivity contribution in [2.75, 3.05) is 6.61 Å². The molecule has 17 heavy (non-hydrogen) atoms. The van der Waals surface area contributed by atoms with Crippen molar-refractivity contribution in [2.45, 2.75) is 19.4 Å². The number of hydrogen-bond acceptors (Lipinski definition) is 4. The lowest BCUT2D eigenvalue weighted by Gasteiger charge is -2.27. The van der Waals surface area contributed by atoms with Crippen LogP contribution >= 0.6 is 15.9 Å². The van der Waals surface area contributed by atoms with Gasteiger partial charge in [0.25, 0.3) is 0 Å². The van der Waals surface area contributed by atoms with Crippen molar-refractivity contribution in [2.24, 2.45) is 0 Å². The van der Waals surface area contributed by atoms with E-state index in [1.807, 2.05) is 26.0 Å². The van der Waals surface area contributed by atoms with Crippen molar-refractivity contribution >= 4 is 15.9 Å². The maximum atomic E-state index is 5.76. The van der Waals surface area contributed by atoms with Gasteiger partial charge >= 0.3 is 0 Å². The average molecular weight is 300 g/mol. The van der Waals surface area contributed by atoms with Crippen molar-refractivity contribution in [1.29, 1.82) is 0 Å². The molecule has 0 bridgehead atoms. The predicted octanol–water partition coefficient (Wildman–Crippen LogP) is 3.08. The fraction of sp³-hybridized carbons (Fsp3) is 0.333. The summed E-state index contributed by atoms with van der Waals surface area (Å²) in [6.45, 7) is 8.06. The van der Waals surface area contributed by atoms with E-state index in [-0.39, 0.29) is 0 Å². The highest BCUT2D eigenvalue weighted by Gasteiger charge is 2.32. The van der Waals surface area contributed by atoms with Crippen LogP contribution in [0.2, 0.25) is 0 Å². The van der Waals surface area contributed by atoms with Crippen LogP contribution in [0, 0.1) is 0 Å². The monoisotopic (exact) mass is 299 g/mol. The Morgan fingerprint density at radius 1 is 1.47 bits per heavy atom. The van der Waals surface area contributed by atoms with Gasteiger partial charge in [0.1, 0.15) is 0 Å². The first kappa shape index (κ1) is 12.4. The van der Waals surface area contributed by atoms with Gasteiger partial charge in [-0.05, 0) is 26.0 Å². The molecule has 0 unspecified atom stereocenters. The molecule has 0 saturated heterocycles. The maximum absolute atomic E-state index is 5.76. The van der Waals surface area contributed by atoms with Crippen LogP contribution in [-0.4, -0.2) is 6.61 Å². The highest BCUT2D eigenvalue weighted by molar-refractivity contribution is 9.10. The number of rotatable bonds is 4. The summed E-state index contributed by atoms with van der Waals surface area (Å²) < 4.78 is 6.67. The molecule has 92 valence electrons. The van der Waals surface area contributed by atoms with Gasteiger partial charge in [-0.3, -0.25) is 0 Å². The lowest BCUT2D eigenvalue weighted by Crippen LogP contribution is -2.23. The van der Waals surface area contributed by atoms with Crippen LogP contribution in [0.1, 0.15) is 19.4 Å². The second kappa shape index (κ2) is 4.68. The molecule has 5 heteroatoms. The number of halogens is 1. The Balaban J connectivity index is 2.43. The quantitative estimate of drug-likeness (QED) is 0.868. The molecule has 0 aromatic heterocycles. The minimum absolute atomic E-state index is 0.470. The number of benzene rings is 1. The molecule has 1 aliphatic heterocycles. The third-order valence-corrected chi connectivity index (χ3v) is 3.19. The molecule has 1 aliphatic rings. The van der Waals surface area contributed by atoms with Crippen LogP contribution in [0.5, 0.6) is 11.5 Å². The van der Waals surface area contributed by atoms with Gasteiger partial charge in [-0.1, -0.05) is 22.0 Å². The van der Waals surface area contributed by atoms with E-state index in [9.17, 15) is 0 Å². The van der Waals surface area contributed by atoms with Crippen LogP contribution in [0.4, 0.5) is 0 Å². The standard InChI is InChI=1S/C12H14BrNO3/c1-4-7-15-12(2,3)10-8(13)5-6-9-11(10)17-14-16-9/h4-6,14H,1,7H2,2-3H3. The Morgan fingerprint density at radius 2 is 2.24 bits per heavy atom. The van der Waals surface area contributed by atoms with E-state index in [4.69, 9.17) is 14.4 Å². The predicted molar refractivity (Wildman–Crippen MR) is 67.7 cm³/mol. The normalized spacial score (nSPS) is 13.8. The van der Waals surface area contributed by atoms with Gasteiger partial charge in [-0.15, -0.1) is 6.58 Å². The zero-order valence-electron chi connectivity index (χ0n) is 9.75. The minimum atomic E-state index is -0.506. The second-order valence-electron chi connectivity index (χ2n) is 4.15. The summed E-state index contributed by atoms with van der Waals surface area (Å²) in [6.07, 6.45) is 1.72. The Hall–Kier alpha value is -1.04. The first-order valence-corrected chi connectivity index (χ1v) is 6.02. The van der Waals surface area contributed by atoms with Crippen LogP contribution in [-0.2, 0) is 10.3 Å². The third-order valence-electron chi connectivity index (χ3n) is 2.53. The van der Waals surface area contributed by atoms with Crippen molar-refractivity contribution in [1.82, 2.24) is 5.64 Å². The van der Waals surface area contributed by atoms with E-state index in [1.54, 1.807) is 6.08 Å². The summed E-state index contributed by atoms with van der Waals surface area (Å²) >= 11 is 3.51. The van der Waals surface area contributed by atoms with E-state index in [2.05, 4.69) is 28.2 Å². The van der Waals surface area contributed by atoms with Crippen LogP contribution in [0.25, 0.3) is 0 Å². The Morgan fingerprint density at radius 3 is 2.94 bits per heavy atom. The van der Waals surface area contributed by atoms with E-state index in [0.717, 1.165) is 10.0 Å². The summed E-state index contributed by atoms with van der Waals surface area (Å²) in [6, 6.07) is 3.73. The molecule has 0 atom stereocenters. The highest BCUT2D eigenvalue weighted by atomic mass is 79.9. The van der Waals surface area contributed by atoms with Crippen molar-refractivity contribution in [3.05, 3.63) is 34.8 Å². The van der Waals surface area contributed by atoms with Gasteiger partial charge in [0.2, 0.25) is 5.75 Å². The Labute approximate surface area is 109 Å². The lowest BCUT2D eigenvalue weighted by molar-refractivity contribution is -0.0120. The molecule has 0 aliphatic carbocycles. The van der Waals surface area contributed by atoms with Gasteiger partial charge in [-0.25, -0.2) is 0 Å². The van der Waals surface area contributed by atoms with Crippen molar-refractivity contribution < 1.29 is 14.4 Å². The summed E-state index contributed by atoms with van der Waals surface area (Å²) in [5, 5.41) is 0. The van der Waals surface area contributed by atoms with Gasteiger partial charge < -0.3 is 14.4 Å².